The van der Waals surface area contributed by atoms with E-state index in [2.05, 4.69) is 50.3 Å². The molecule has 0 saturated heterocycles. The fourth-order valence-electron chi connectivity index (χ4n) is 2.39. The van der Waals surface area contributed by atoms with Gasteiger partial charge in [-0.2, -0.15) is 12.2 Å². The van der Waals surface area contributed by atoms with Crippen molar-refractivity contribution in [2.45, 2.75) is 65.2 Å². The topological polar surface area (TPSA) is 0 Å². The van der Waals surface area contributed by atoms with E-state index in [1.165, 1.54) is 49.7 Å². The average molecular weight is 533 g/mol. The van der Waals surface area contributed by atoms with Crippen molar-refractivity contribution in [1.82, 2.24) is 0 Å². The number of allylic oxidation sites excluding steroid dienone is 8. The predicted octanol–water partition coefficient (Wildman–Crippen LogP) is 8.07. The Kier molecular flexibility index (Phi) is 17.3. The molecule has 140 valence electrons. The molecule has 3 rings (SSSR count). The molecule has 0 fully saturated rings. The first-order valence-corrected chi connectivity index (χ1v) is 9.87. The van der Waals surface area contributed by atoms with E-state index in [0.29, 0.717) is 0 Å². The van der Waals surface area contributed by atoms with Gasteiger partial charge in [-0.05, 0) is 12.1 Å². The molecule has 2 heteroatoms. The Hall–Kier alpha value is -0.660. The first kappa shape index (κ1) is 25.3. The van der Waals surface area contributed by atoms with E-state index >= 15 is 0 Å². The molecule has 0 heterocycles. The zero-order chi connectivity index (χ0) is 18.2. The maximum Gasteiger partial charge on any atom is 0.0405 e. The van der Waals surface area contributed by atoms with Gasteiger partial charge in [0.15, 0.2) is 0 Å². The van der Waals surface area contributed by atoms with Crippen LogP contribution >= 0.6 is 11.6 Å². The number of benzene rings is 1. The monoisotopic (exact) mass is 534 g/mol. The molecule has 0 atom stereocenters. The second-order valence-electron chi connectivity index (χ2n) is 6.12. The number of halogens is 1. The van der Waals surface area contributed by atoms with Crippen LogP contribution in [0.4, 0.5) is 0 Å². The van der Waals surface area contributed by atoms with Gasteiger partial charge < -0.3 is 0 Å². The van der Waals surface area contributed by atoms with Gasteiger partial charge in [-0.15, -0.1) is 12.8 Å². The molecular formula is C24H31ClHf-2. The summed E-state index contributed by atoms with van der Waals surface area (Å²) in [6, 6.07) is 9.44. The smallest absolute Gasteiger partial charge is 0.0405 e. The summed E-state index contributed by atoms with van der Waals surface area (Å²) in [7, 11) is 0. The van der Waals surface area contributed by atoms with Crippen molar-refractivity contribution in [1.29, 1.82) is 0 Å². The summed E-state index contributed by atoms with van der Waals surface area (Å²) in [6.45, 7) is 4.44. The third-order valence-electron chi connectivity index (χ3n) is 3.86. The molecule has 0 spiro atoms. The third kappa shape index (κ3) is 13.5. The van der Waals surface area contributed by atoms with Crippen molar-refractivity contribution in [2.24, 2.45) is 0 Å². The Morgan fingerprint density at radius 2 is 1.27 bits per heavy atom. The molecule has 0 unspecified atom stereocenters. The Labute approximate surface area is 184 Å². The number of unbranched alkanes of at least 4 members (excludes halogenated alkanes) is 2. The van der Waals surface area contributed by atoms with Gasteiger partial charge in [-0.3, -0.25) is 12.2 Å². The van der Waals surface area contributed by atoms with Gasteiger partial charge in [-0.1, -0.05) is 82.2 Å². The van der Waals surface area contributed by atoms with E-state index in [-0.39, 0.29) is 25.8 Å². The van der Waals surface area contributed by atoms with Crippen LogP contribution in [0, 0.1) is 12.2 Å². The predicted molar refractivity (Wildman–Crippen MR) is 112 cm³/mol. The van der Waals surface area contributed by atoms with Gasteiger partial charge >= 0.3 is 0 Å². The van der Waals surface area contributed by atoms with Gasteiger partial charge in [0.25, 0.3) is 0 Å². The van der Waals surface area contributed by atoms with Gasteiger partial charge in [0.05, 0.1) is 0 Å². The van der Waals surface area contributed by atoms with E-state index in [9.17, 15) is 0 Å². The van der Waals surface area contributed by atoms with E-state index in [0.717, 1.165) is 17.9 Å². The standard InChI is InChI=1S/2C9H13.C6H5Cl.Hf/c2*1-2-3-6-9-7-4-5-8-9;7-6-4-2-1-3-5-6;/h2*4,7H,2-3,5-6H2,1H3;1-5H;/q2*-1;;. The summed E-state index contributed by atoms with van der Waals surface area (Å²) < 4.78 is 0. The summed E-state index contributed by atoms with van der Waals surface area (Å²) in [4.78, 5) is 0. The molecule has 2 aliphatic carbocycles. The fourth-order valence-corrected chi connectivity index (χ4v) is 2.54. The zero-order valence-corrected chi connectivity index (χ0v) is 20.6. The van der Waals surface area contributed by atoms with Crippen LogP contribution in [0.5, 0.6) is 0 Å². The van der Waals surface area contributed by atoms with Crippen LogP contribution in [-0.2, 0) is 25.8 Å². The zero-order valence-electron chi connectivity index (χ0n) is 16.2. The molecule has 0 aliphatic heterocycles. The van der Waals surface area contributed by atoms with Crippen LogP contribution < -0.4 is 0 Å². The van der Waals surface area contributed by atoms with Crippen molar-refractivity contribution >= 4 is 11.6 Å². The maximum absolute atomic E-state index is 5.54. The minimum Gasteiger partial charge on any atom is -0.269 e. The fraction of sp³-hybridized carbons (Fsp3) is 0.417. The van der Waals surface area contributed by atoms with Crippen molar-refractivity contribution in [3.8, 4) is 0 Å². The summed E-state index contributed by atoms with van der Waals surface area (Å²) in [5.74, 6) is 0. The Morgan fingerprint density at radius 1 is 0.808 bits per heavy atom. The van der Waals surface area contributed by atoms with Gasteiger partial charge in [-0.25, -0.2) is 23.3 Å². The number of hydrogen-bond donors (Lipinski definition) is 0. The minimum absolute atomic E-state index is 0. The largest absolute Gasteiger partial charge is 0.269 e. The molecule has 0 saturated carbocycles. The van der Waals surface area contributed by atoms with Crippen LogP contribution in [0.1, 0.15) is 65.2 Å². The van der Waals surface area contributed by atoms with Crippen molar-refractivity contribution in [2.75, 3.05) is 0 Å². The van der Waals surface area contributed by atoms with E-state index < -0.39 is 0 Å². The van der Waals surface area contributed by atoms with Crippen molar-refractivity contribution < 1.29 is 25.8 Å². The molecule has 0 radical (unpaired) electrons. The van der Waals surface area contributed by atoms with Crippen LogP contribution in [0.15, 0.2) is 65.8 Å². The van der Waals surface area contributed by atoms with Crippen LogP contribution in [0.25, 0.3) is 0 Å². The number of rotatable bonds is 6. The maximum atomic E-state index is 5.54. The SMILES string of the molecule is CCCCC1=[C-]CC=C1.CCCCC1=[C-]CC=C1.Clc1ccccc1.[Hf]. The first-order valence-electron chi connectivity index (χ1n) is 9.49. The van der Waals surface area contributed by atoms with E-state index in [4.69, 9.17) is 11.6 Å². The average Bonchev–Trinajstić information content (AvgIpc) is 3.34. The molecule has 1 aromatic carbocycles. The molecule has 0 nitrogen and oxygen atoms in total. The van der Waals surface area contributed by atoms with Crippen molar-refractivity contribution in [3.63, 3.8) is 0 Å². The minimum atomic E-state index is 0. The van der Waals surface area contributed by atoms with Crippen molar-refractivity contribution in [3.05, 3.63) is 83.0 Å². The quantitative estimate of drug-likeness (QED) is 0.256. The van der Waals surface area contributed by atoms with Crippen LogP contribution in [0.2, 0.25) is 5.02 Å². The van der Waals surface area contributed by atoms with E-state index in [1.54, 1.807) is 0 Å². The molecular weight excluding hydrogens is 502 g/mol. The number of hydrogen-bond acceptors (Lipinski definition) is 0. The van der Waals surface area contributed by atoms with Gasteiger partial charge in [0, 0.05) is 30.9 Å². The molecule has 2 aliphatic rings. The second kappa shape index (κ2) is 17.7. The molecule has 0 amide bonds. The summed E-state index contributed by atoms with van der Waals surface area (Å²) >= 11 is 5.54. The Morgan fingerprint density at radius 3 is 1.54 bits per heavy atom. The summed E-state index contributed by atoms with van der Waals surface area (Å²) in [5, 5.41) is 0.794. The second-order valence-corrected chi connectivity index (χ2v) is 6.56. The van der Waals surface area contributed by atoms with Gasteiger partial charge in [0.2, 0.25) is 0 Å². The molecule has 26 heavy (non-hydrogen) atoms. The van der Waals surface area contributed by atoms with Crippen LogP contribution in [0.3, 0.4) is 0 Å². The Bertz CT molecular complexity index is 533. The molecule has 1 aromatic rings. The van der Waals surface area contributed by atoms with Crippen LogP contribution in [-0.4, -0.2) is 0 Å². The Balaban J connectivity index is 0.000000357. The molecule has 0 bridgehead atoms. The van der Waals surface area contributed by atoms with Gasteiger partial charge in [0.1, 0.15) is 0 Å². The normalized spacial score (nSPS) is 13.7. The third-order valence-corrected chi connectivity index (χ3v) is 4.12. The molecule has 0 N–H and O–H groups in total. The summed E-state index contributed by atoms with van der Waals surface area (Å²) in [5.41, 5.74) is 2.83. The molecule has 0 aromatic heterocycles. The van der Waals surface area contributed by atoms with E-state index in [1.807, 2.05) is 30.3 Å². The summed E-state index contributed by atoms with van der Waals surface area (Å²) in [6.07, 6.45) is 25.1. The first-order chi connectivity index (χ1) is 12.3.